The number of likely N-dealkylation sites (tertiary alicyclic amines) is 1. The van der Waals surface area contributed by atoms with Gasteiger partial charge in [0.25, 0.3) is 5.91 Å². The number of benzene rings is 2. The van der Waals surface area contributed by atoms with E-state index in [2.05, 4.69) is 27.2 Å². The van der Waals surface area contributed by atoms with Crippen molar-refractivity contribution in [2.45, 2.75) is 94.9 Å². The lowest BCUT2D eigenvalue weighted by atomic mass is 10.1. The van der Waals surface area contributed by atoms with Crippen molar-refractivity contribution in [2.24, 2.45) is 11.1 Å². The van der Waals surface area contributed by atoms with Crippen LogP contribution in [-0.2, 0) is 29.2 Å². The molecule has 4 atom stereocenters. The zero-order valence-electron chi connectivity index (χ0n) is 29.3. The van der Waals surface area contributed by atoms with E-state index in [1.54, 1.807) is 34.6 Å². The third-order valence-electron chi connectivity index (χ3n) is 9.34. The molecule has 1 aliphatic heterocycles. The Hall–Kier alpha value is -4.92. The van der Waals surface area contributed by atoms with Gasteiger partial charge in [-0.3, -0.25) is 14.3 Å². The molecule has 14 nitrogen and oxygen atoms in total. The molecule has 5 amide bonds. The third kappa shape index (κ3) is 7.30. The fraction of sp³-hybridized carbons (Fsp3) is 0.472. The average molecular weight is 721 g/mol. The van der Waals surface area contributed by atoms with Crippen LogP contribution in [0.25, 0.3) is 11.1 Å². The number of sulfonamides is 1. The van der Waals surface area contributed by atoms with Crippen molar-refractivity contribution in [2.75, 3.05) is 6.54 Å². The van der Waals surface area contributed by atoms with Crippen molar-refractivity contribution < 1.29 is 37.2 Å². The Bertz CT molecular complexity index is 1850. The number of hydrogen-bond donors (Lipinski definition) is 3. The molecule has 2 aromatic rings. The number of hydrazine groups is 1. The lowest BCUT2D eigenvalue weighted by Crippen LogP contribution is -2.60. The first-order chi connectivity index (χ1) is 24.0. The van der Waals surface area contributed by atoms with Crippen LogP contribution in [0.2, 0.25) is 0 Å². The van der Waals surface area contributed by atoms with E-state index in [-0.39, 0.29) is 19.4 Å². The predicted octanol–water partition coefficient (Wildman–Crippen LogP) is 3.82. The number of urea groups is 1. The molecule has 272 valence electrons. The quantitative estimate of drug-likeness (QED) is 0.221. The summed E-state index contributed by atoms with van der Waals surface area (Å²) < 4.78 is 32.8. The second-order valence-corrected chi connectivity index (χ2v) is 16.7. The van der Waals surface area contributed by atoms with E-state index in [9.17, 15) is 27.6 Å². The Morgan fingerprint density at radius 3 is 2.12 bits per heavy atom. The first-order valence-electron chi connectivity index (χ1n) is 17.1. The zero-order valence-corrected chi connectivity index (χ0v) is 30.2. The summed E-state index contributed by atoms with van der Waals surface area (Å²) in [5.74, 6) is -2.07. The predicted molar refractivity (Wildman–Crippen MR) is 189 cm³/mol. The topological polar surface area (TPSA) is 176 Å². The smallest absolute Gasteiger partial charge is 0.426 e. The summed E-state index contributed by atoms with van der Waals surface area (Å²) in [7, 11) is -3.90. The Morgan fingerprint density at radius 1 is 1.02 bits per heavy atom. The summed E-state index contributed by atoms with van der Waals surface area (Å²) >= 11 is 0. The van der Waals surface area contributed by atoms with Crippen molar-refractivity contribution >= 4 is 39.7 Å². The first-order valence-corrected chi connectivity index (χ1v) is 18.6. The monoisotopic (exact) mass is 720 g/mol. The molecule has 3 fully saturated rings. The number of carbonyl (C=O) groups excluding carboxylic acids is 4. The largest absolute Gasteiger partial charge is 0.443 e. The van der Waals surface area contributed by atoms with Gasteiger partial charge in [-0.25, -0.2) is 28.4 Å². The van der Waals surface area contributed by atoms with E-state index in [0.717, 1.165) is 27.3 Å². The van der Waals surface area contributed by atoms with Crippen LogP contribution in [0, 0.1) is 5.92 Å². The number of nitrogens with one attached hydrogen (secondary N) is 3. The van der Waals surface area contributed by atoms with E-state index >= 15 is 0 Å². The average Bonchev–Trinajstić information content (AvgIpc) is 3.97. The number of amides is 5. The molecule has 4 aliphatic rings. The van der Waals surface area contributed by atoms with Crippen molar-refractivity contribution in [1.82, 2.24) is 25.4 Å². The molecule has 2 saturated carbocycles. The van der Waals surface area contributed by atoms with Gasteiger partial charge in [-0.15, -0.1) is 6.58 Å². The summed E-state index contributed by atoms with van der Waals surface area (Å²) in [6, 6.07) is 13.2. The molecule has 1 saturated heterocycles. The van der Waals surface area contributed by atoms with E-state index in [1.807, 2.05) is 48.5 Å². The van der Waals surface area contributed by atoms with E-state index in [4.69, 9.17) is 9.57 Å². The van der Waals surface area contributed by atoms with Gasteiger partial charge in [0.05, 0.1) is 11.8 Å². The highest BCUT2D eigenvalue weighted by Crippen LogP contribution is 2.45. The Morgan fingerprint density at radius 2 is 1.61 bits per heavy atom. The summed E-state index contributed by atoms with van der Waals surface area (Å²) in [6.07, 6.45) is 0.915. The van der Waals surface area contributed by atoms with Gasteiger partial charge in [0, 0.05) is 29.5 Å². The molecular weight excluding hydrogens is 676 g/mol. The Balaban J connectivity index is 1.27. The standard InChI is InChI=1S/C36H44N6O8S/c1-7-22-19-36(22,32(44)40-51(47,48)24-16-17-24)37-31(43)29-18-23(20-41(29)34(46)42(21(2)3)38-33(45)49-35(4,5)6)50-39-30-27-14-10-8-12-25(27)26-13-9-11-15-28(26)30/h7-15,21-24,29H,1,16-20H2,2-6H3,(H,37,43)(H,38,45)(H,40,44)/t22-,23?,29+,36?/m1/s1. The molecule has 0 aromatic heterocycles. The van der Waals surface area contributed by atoms with Gasteiger partial charge in [-0.05, 0) is 65.0 Å². The molecule has 3 aliphatic carbocycles. The second kappa shape index (κ2) is 13.3. The number of ether oxygens (including phenoxy) is 1. The normalized spacial score (nSPS) is 23.5. The van der Waals surface area contributed by atoms with Crippen LogP contribution in [0.5, 0.6) is 0 Å². The fourth-order valence-electron chi connectivity index (χ4n) is 6.51. The van der Waals surface area contributed by atoms with Gasteiger partial charge in [-0.2, -0.15) is 0 Å². The molecule has 0 radical (unpaired) electrons. The van der Waals surface area contributed by atoms with Crippen molar-refractivity contribution in [3.05, 3.63) is 72.3 Å². The molecule has 1 heterocycles. The zero-order chi connectivity index (χ0) is 36.9. The van der Waals surface area contributed by atoms with Crippen molar-refractivity contribution in [1.29, 1.82) is 0 Å². The minimum Gasteiger partial charge on any atom is -0.443 e. The minimum atomic E-state index is -3.90. The van der Waals surface area contributed by atoms with Crippen LogP contribution >= 0.6 is 0 Å². The van der Waals surface area contributed by atoms with Crippen molar-refractivity contribution in [3.8, 4) is 11.1 Å². The maximum Gasteiger partial charge on any atom is 0.426 e. The summed E-state index contributed by atoms with van der Waals surface area (Å²) in [4.78, 5) is 61.8. The van der Waals surface area contributed by atoms with Gasteiger partial charge in [-0.1, -0.05) is 59.8 Å². The van der Waals surface area contributed by atoms with Crippen LogP contribution in [0.15, 0.2) is 66.3 Å². The molecule has 2 aromatic carbocycles. The highest BCUT2D eigenvalue weighted by molar-refractivity contribution is 7.91. The van der Waals surface area contributed by atoms with Gasteiger partial charge in [0.15, 0.2) is 0 Å². The molecule has 51 heavy (non-hydrogen) atoms. The third-order valence-corrected chi connectivity index (χ3v) is 11.2. The van der Waals surface area contributed by atoms with Gasteiger partial charge in [0.2, 0.25) is 15.9 Å². The van der Waals surface area contributed by atoms with Crippen molar-refractivity contribution in [3.63, 3.8) is 0 Å². The van der Waals surface area contributed by atoms with Crippen LogP contribution in [0.4, 0.5) is 9.59 Å². The molecule has 2 unspecified atom stereocenters. The molecule has 0 bridgehead atoms. The summed E-state index contributed by atoms with van der Waals surface area (Å²) in [5, 5.41) is 7.73. The molecular formula is C36H44N6O8S. The Labute approximate surface area is 297 Å². The van der Waals surface area contributed by atoms with Crippen LogP contribution in [-0.4, -0.2) is 89.1 Å². The molecule has 6 rings (SSSR count). The van der Waals surface area contributed by atoms with Crippen LogP contribution in [0.3, 0.4) is 0 Å². The number of hydrogen-bond acceptors (Lipinski definition) is 9. The maximum atomic E-state index is 14.2. The lowest BCUT2D eigenvalue weighted by Gasteiger charge is -2.34. The SMILES string of the molecule is C=C[C@@H]1CC1(NC(=O)[C@@H]1CC(ON=C2c3ccccc3-c3ccccc32)CN1C(=O)N(NC(=O)OC(C)(C)C)C(C)C)C(=O)NS(=O)(=O)C1CC1. The van der Waals surface area contributed by atoms with Gasteiger partial charge < -0.3 is 19.8 Å². The highest BCUT2D eigenvalue weighted by atomic mass is 32.2. The summed E-state index contributed by atoms with van der Waals surface area (Å²) in [5.41, 5.74) is 4.48. The number of fused-ring (bicyclic) bond motifs is 3. The Kier molecular flexibility index (Phi) is 9.38. The van der Waals surface area contributed by atoms with E-state index in [0.29, 0.717) is 18.6 Å². The molecule has 3 N–H and O–H groups in total. The lowest BCUT2D eigenvalue weighted by molar-refractivity contribution is -0.131. The highest BCUT2D eigenvalue weighted by Gasteiger charge is 2.62. The molecule has 15 heteroatoms. The number of carbonyl (C=O) groups is 4. The summed E-state index contributed by atoms with van der Waals surface area (Å²) in [6.45, 7) is 12.1. The van der Waals surface area contributed by atoms with Gasteiger partial charge >= 0.3 is 12.1 Å². The van der Waals surface area contributed by atoms with Crippen LogP contribution in [0.1, 0.15) is 71.4 Å². The fourth-order valence-corrected chi connectivity index (χ4v) is 7.87. The van der Waals surface area contributed by atoms with E-state index < -0.39 is 74.5 Å². The van der Waals surface area contributed by atoms with E-state index in [1.165, 1.54) is 11.0 Å². The number of nitrogens with zero attached hydrogens (tertiary/aromatic N) is 3. The van der Waals surface area contributed by atoms with Crippen LogP contribution < -0.4 is 15.5 Å². The number of oxime groups is 1. The number of rotatable bonds is 9. The molecule has 0 spiro atoms. The minimum absolute atomic E-state index is 0.00710. The second-order valence-electron chi connectivity index (χ2n) is 14.7. The van der Waals surface area contributed by atoms with Gasteiger partial charge in [0.1, 0.15) is 29.0 Å². The maximum absolute atomic E-state index is 14.2. The first kappa shape index (κ1) is 35.9.